The maximum atomic E-state index is 6.06. The summed E-state index contributed by atoms with van der Waals surface area (Å²) in [6, 6.07) is 4.32. The van der Waals surface area contributed by atoms with Gasteiger partial charge in [0.15, 0.2) is 0 Å². The minimum atomic E-state index is 0.404. The third-order valence-corrected chi connectivity index (χ3v) is 4.57. The van der Waals surface area contributed by atoms with Gasteiger partial charge in [0, 0.05) is 16.8 Å². The van der Waals surface area contributed by atoms with Crippen molar-refractivity contribution in [3.8, 4) is 0 Å². The summed E-state index contributed by atoms with van der Waals surface area (Å²) >= 11 is 11.4. The number of likely N-dealkylation sites (tertiary alicyclic amines) is 1. The molecule has 1 fully saturated rings. The van der Waals surface area contributed by atoms with Gasteiger partial charge in [-0.05, 0) is 54.0 Å². The first kappa shape index (κ1) is 10.9. The van der Waals surface area contributed by atoms with Crippen LogP contribution in [-0.4, -0.2) is 23.4 Å². The van der Waals surface area contributed by atoms with E-state index in [-0.39, 0.29) is 0 Å². The molecule has 14 heavy (non-hydrogen) atoms. The van der Waals surface area contributed by atoms with Crippen molar-refractivity contribution in [2.75, 3.05) is 13.1 Å². The van der Waals surface area contributed by atoms with E-state index in [0.29, 0.717) is 5.38 Å². The molecule has 0 atom stereocenters. The van der Waals surface area contributed by atoms with Gasteiger partial charge in [-0.3, -0.25) is 4.90 Å². The van der Waals surface area contributed by atoms with E-state index < -0.39 is 0 Å². The Labute approximate surface area is 102 Å². The second-order valence-electron chi connectivity index (χ2n) is 3.66. The average Bonchev–Trinajstić information content (AvgIpc) is 2.56. The van der Waals surface area contributed by atoms with Crippen molar-refractivity contribution < 1.29 is 0 Å². The van der Waals surface area contributed by atoms with Gasteiger partial charge in [-0.25, -0.2) is 0 Å². The van der Waals surface area contributed by atoms with Crippen LogP contribution in [0.5, 0.6) is 0 Å². The fourth-order valence-electron chi connectivity index (χ4n) is 1.72. The molecule has 1 aromatic rings. The van der Waals surface area contributed by atoms with Crippen LogP contribution in [0.4, 0.5) is 0 Å². The number of rotatable bonds is 2. The van der Waals surface area contributed by atoms with E-state index in [2.05, 4.69) is 33.0 Å². The van der Waals surface area contributed by atoms with E-state index in [0.717, 1.165) is 32.5 Å². The Hall–Kier alpha value is 0.430. The van der Waals surface area contributed by atoms with Crippen LogP contribution in [-0.2, 0) is 6.54 Å². The van der Waals surface area contributed by atoms with Crippen molar-refractivity contribution in [3.05, 3.63) is 20.8 Å². The summed E-state index contributed by atoms with van der Waals surface area (Å²) in [6.07, 6.45) is 2.27. The molecule has 1 aromatic heterocycles. The van der Waals surface area contributed by atoms with E-state index >= 15 is 0 Å². The highest BCUT2D eigenvalue weighted by Crippen LogP contribution is 2.25. The van der Waals surface area contributed by atoms with Gasteiger partial charge < -0.3 is 0 Å². The number of hydrogen-bond acceptors (Lipinski definition) is 2. The second kappa shape index (κ2) is 4.97. The van der Waals surface area contributed by atoms with Crippen molar-refractivity contribution in [3.63, 3.8) is 0 Å². The molecule has 0 saturated carbocycles. The topological polar surface area (TPSA) is 3.24 Å². The molecule has 4 heteroatoms. The summed E-state index contributed by atoms with van der Waals surface area (Å²) in [5.41, 5.74) is 0. The maximum Gasteiger partial charge on any atom is 0.0701 e. The van der Waals surface area contributed by atoms with Crippen LogP contribution >= 0.6 is 38.9 Å². The molecular weight excluding hydrogens is 282 g/mol. The van der Waals surface area contributed by atoms with Gasteiger partial charge in [-0.15, -0.1) is 22.9 Å². The monoisotopic (exact) mass is 293 g/mol. The molecule has 0 aromatic carbocycles. The van der Waals surface area contributed by atoms with Crippen molar-refractivity contribution in [2.45, 2.75) is 24.8 Å². The fourth-order valence-corrected chi connectivity index (χ4v) is 3.44. The molecule has 2 heterocycles. The molecular formula is C10H13BrClNS. The van der Waals surface area contributed by atoms with Crippen molar-refractivity contribution in [2.24, 2.45) is 0 Å². The van der Waals surface area contributed by atoms with Gasteiger partial charge in [0.2, 0.25) is 0 Å². The van der Waals surface area contributed by atoms with Crippen LogP contribution in [0.2, 0.25) is 0 Å². The van der Waals surface area contributed by atoms with Crippen molar-refractivity contribution in [1.82, 2.24) is 4.90 Å². The standard InChI is InChI=1S/C10H13BrClNS/c11-10-2-1-9(14-10)7-13-5-3-8(12)4-6-13/h1-2,8H,3-7H2. The summed E-state index contributed by atoms with van der Waals surface area (Å²) < 4.78 is 1.22. The Bertz CT molecular complexity index is 294. The van der Waals surface area contributed by atoms with Gasteiger partial charge in [0.1, 0.15) is 0 Å². The van der Waals surface area contributed by atoms with Gasteiger partial charge in [0.25, 0.3) is 0 Å². The van der Waals surface area contributed by atoms with E-state index in [9.17, 15) is 0 Å². The molecule has 0 N–H and O–H groups in total. The largest absolute Gasteiger partial charge is 0.298 e. The van der Waals surface area contributed by atoms with Crippen LogP contribution in [0.3, 0.4) is 0 Å². The number of halogens is 2. The third kappa shape index (κ3) is 2.96. The molecule has 0 radical (unpaired) electrons. The normalized spacial score (nSPS) is 20.1. The summed E-state index contributed by atoms with van der Waals surface area (Å²) in [6.45, 7) is 3.37. The van der Waals surface area contributed by atoms with Gasteiger partial charge in [-0.2, -0.15) is 0 Å². The summed E-state index contributed by atoms with van der Waals surface area (Å²) in [4.78, 5) is 3.92. The quantitative estimate of drug-likeness (QED) is 0.752. The number of nitrogens with zero attached hydrogens (tertiary/aromatic N) is 1. The van der Waals surface area contributed by atoms with Crippen LogP contribution in [0.1, 0.15) is 17.7 Å². The first-order valence-electron chi connectivity index (χ1n) is 4.84. The van der Waals surface area contributed by atoms with Crippen LogP contribution in [0, 0.1) is 0 Å². The second-order valence-corrected chi connectivity index (χ2v) is 6.82. The molecule has 0 amide bonds. The predicted octanol–water partition coefficient (Wildman–Crippen LogP) is 3.71. The molecule has 0 bridgehead atoms. The SMILES string of the molecule is ClC1CCN(Cc2ccc(Br)s2)CC1. The van der Waals surface area contributed by atoms with E-state index in [1.165, 1.54) is 8.66 Å². The van der Waals surface area contributed by atoms with Crippen LogP contribution < -0.4 is 0 Å². The summed E-state index contributed by atoms with van der Waals surface area (Å²) in [7, 11) is 0. The highest BCUT2D eigenvalue weighted by atomic mass is 79.9. The van der Waals surface area contributed by atoms with E-state index in [4.69, 9.17) is 11.6 Å². The first-order valence-corrected chi connectivity index (χ1v) is 6.89. The average molecular weight is 295 g/mol. The Balaban J connectivity index is 1.86. The Kier molecular flexibility index (Phi) is 3.88. The number of alkyl halides is 1. The minimum Gasteiger partial charge on any atom is -0.298 e. The van der Waals surface area contributed by atoms with Gasteiger partial charge >= 0.3 is 0 Å². The molecule has 1 saturated heterocycles. The van der Waals surface area contributed by atoms with Gasteiger partial charge in [-0.1, -0.05) is 0 Å². The zero-order chi connectivity index (χ0) is 9.97. The number of piperidine rings is 1. The van der Waals surface area contributed by atoms with Crippen molar-refractivity contribution in [1.29, 1.82) is 0 Å². The zero-order valence-electron chi connectivity index (χ0n) is 7.88. The fraction of sp³-hybridized carbons (Fsp3) is 0.600. The Morgan fingerprint density at radius 3 is 2.71 bits per heavy atom. The van der Waals surface area contributed by atoms with Crippen molar-refractivity contribution >= 4 is 38.9 Å². The highest BCUT2D eigenvalue weighted by molar-refractivity contribution is 9.11. The summed E-state index contributed by atoms with van der Waals surface area (Å²) in [5.74, 6) is 0. The lowest BCUT2D eigenvalue weighted by Gasteiger charge is -2.28. The zero-order valence-corrected chi connectivity index (χ0v) is 11.0. The maximum absolute atomic E-state index is 6.06. The number of thiophene rings is 1. The molecule has 0 aliphatic carbocycles. The summed E-state index contributed by atoms with van der Waals surface area (Å²) in [5, 5.41) is 0.404. The molecule has 1 aliphatic heterocycles. The van der Waals surface area contributed by atoms with E-state index in [1.54, 1.807) is 0 Å². The molecule has 78 valence electrons. The first-order chi connectivity index (χ1) is 6.74. The smallest absolute Gasteiger partial charge is 0.0701 e. The van der Waals surface area contributed by atoms with E-state index in [1.807, 2.05) is 11.3 Å². The van der Waals surface area contributed by atoms with Gasteiger partial charge in [0.05, 0.1) is 3.79 Å². The predicted molar refractivity (Wildman–Crippen MR) is 66.2 cm³/mol. The van der Waals surface area contributed by atoms with Crippen LogP contribution in [0.15, 0.2) is 15.9 Å². The van der Waals surface area contributed by atoms with Crippen LogP contribution in [0.25, 0.3) is 0 Å². The Morgan fingerprint density at radius 2 is 2.14 bits per heavy atom. The molecule has 1 nitrogen and oxygen atoms in total. The minimum absolute atomic E-state index is 0.404. The molecule has 2 rings (SSSR count). The Morgan fingerprint density at radius 1 is 1.43 bits per heavy atom. The lowest BCUT2D eigenvalue weighted by Crippen LogP contribution is -2.33. The lowest BCUT2D eigenvalue weighted by molar-refractivity contribution is 0.225. The number of hydrogen-bond donors (Lipinski definition) is 0. The lowest BCUT2D eigenvalue weighted by atomic mass is 10.1. The molecule has 0 unspecified atom stereocenters. The molecule has 0 spiro atoms. The third-order valence-electron chi connectivity index (χ3n) is 2.53. The highest BCUT2D eigenvalue weighted by Gasteiger charge is 2.17. The molecule has 1 aliphatic rings.